The molecule has 130 valence electrons. The Morgan fingerprint density at radius 1 is 1.08 bits per heavy atom. The third-order valence-corrected chi connectivity index (χ3v) is 4.78. The van der Waals surface area contributed by atoms with E-state index in [0.29, 0.717) is 26.4 Å². The average molecular weight is 398 g/mol. The summed E-state index contributed by atoms with van der Waals surface area (Å²) in [6, 6.07) is 10.2. The van der Waals surface area contributed by atoms with Gasteiger partial charge in [0.2, 0.25) is 11.8 Å². The van der Waals surface area contributed by atoms with Crippen molar-refractivity contribution in [3.8, 4) is 0 Å². The molecule has 0 radical (unpaired) electrons. The van der Waals surface area contributed by atoms with Gasteiger partial charge in [0.15, 0.2) is 0 Å². The lowest BCUT2D eigenvalue weighted by atomic mass is 10.1. The van der Waals surface area contributed by atoms with Crippen molar-refractivity contribution >= 4 is 58.0 Å². The molecular formula is C18H15Cl3N2O2. The first-order chi connectivity index (χ1) is 11.8. The second-order valence-corrected chi connectivity index (χ2v) is 7.29. The van der Waals surface area contributed by atoms with Crippen LogP contribution in [0.4, 0.5) is 11.4 Å². The summed E-state index contributed by atoms with van der Waals surface area (Å²) in [4.78, 5) is 26.4. The molecule has 1 saturated heterocycles. The topological polar surface area (TPSA) is 49.4 Å². The molecule has 0 aliphatic carbocycles. The van der Waals surface area contributed by atoms with Gasteiger partial charge in [0.1, 0.15) is 0 Å². The van der Waals surface area contributed by atoms with Gasteiger partial charge in [-0.25, -0.2) is 0 Å². The van der Waals surface area contributed by atoms with Crippen molar-refractivity contribution in [1.29, 1.82) is 0 Å². The number of nitrogens with zero attached hydrogens (tertiary/aromatic N) is 1. The lowest BCUT2D eigenvalue weighted by molar-refractivity contribution is -0.122. The van der Waals surface area contributed by atoms with Gasteiger partial charge >= 0.3 is 0 Å². The Bertz CT molecular complexity index is 834. The quantitative estimate of drug-likeness (QED) is 0.797. The van der Waals surface area contributed by atoms with Crippen LogP contribution in [0.1, 0.15) is 12.0 Å². The molecule has 1 atom stereocenters. The molecule has 3 rings (SSSR count). The van der Waals surface area contributed by atoms with Crippen LogP contribution in [-0.2, 0) is 9.59 Å². The third kappa shape index (κ3) is 4.09. The molecule has 0 spiro atoms. The lowest BCUT2D eigenvalue weighted by Crippen LogP contribution is -2.28. The third-order valence-electron chi connectivity index (χ3n) is 4.11. The molecule has 1 aliphatic rings. The van der Waals surface area contributed by atoms with Gasteiger partial charge in [0.25, 0.3) is 0 Å². The number of anilines is 2. The van der Waals surface area contributed by atoms with Crippen molar-refractivity contribution in [2.24, 2.45) is 5.92 Å². The van der Waals surface area contributed by atoms with Crippen LogP contribution >= 0.6 is 34.8 Å². The van der Waals surface area contributed by atoms with Crippen molar-refractivity contribution in [2.75, 3.05) is 16.8 Å². The Balaban J connectivity index is 1.75. The van der Waals surface area contributed by atoms with Gasteiger partial charge in [-0.3, -0.25) is 9.59 Å². The molecule has 2 amide bonds. The largest absolute Gasteiger partial charge is 0.325 e. The highest BCUT2D eigenvalue weighted by Crippen LogP contribution is 2.31. The fraction of sp³-hybridized carbons (Fsp3) is 0.222. The summed E-state index contributed by atoms with van der Waals surface area (Å²) in [5, 5.41) is 4.28. The maximum Gasteiger partial charge on any atom is 0.229 e. The molecule has 2 aromatic carbocycles. The molecule has 1 unspecified atom stereocenters. The zero-order valence-corrected chi connectivity index (χ0v) is 15.6. The number of carbonyl (C=O) groups is 2. The van der Waals surface area contributed by atoms with Crippen LogP contribution in [0.25, 0.3) is 0 Å². The zero-order chi connectivity index (χ0) is 18.1. The smallest absolute Gasteiger partial charge is 0.229 e. The van der Waals surface area contributed by atoms with E-state index in [1.807, 2.05) is 13.0 Å². The second-order valence-electron chi connectivity index (χ2n) is 5.98. The Kier molecular flexibility index (Phi) is 5.23. The van der Waals surface area contributed by atoms with Crippen molar-refractivity contribution in [2.45, 2.75) is 13.3 Å². The summed E-state index contributed by atoms with van der Waals surface area (Å²) in [6.45, 7) is 2.16. The van der Waals surface area contributed by atoms with Crippen LogP contribution in [-0.4, -0.2) is 18.4 Å². The Hall–Kier alpha value is -1.75. The molecular weight excluding hydrogens is 383 g/mol. The van der Waals surface area contributed by atoms with Crippen LogP contribution in [0, 0.1) is 12.8 Å². The summed E-state index contributed by atoms with van der Waals surface area (Å²) in [5.74, 6) is -0.806. The summed E-state index contributed by atoms with van der Waals surface area (Å²) < 4.78 is 0. The highest BCUT2D eigenvalue weighted by atomic mass is 35.5. The molecule has 0 aromatic heterocycles. The standard InChI is InChI=1S/C18H15Cl3N2O2/c1-10-2-3-12(19)8-16(10)22-18(25)11-4-17(24)23(9-11)15-6-13(20)5-14(21)7-15/h2-3,5-8,11H,4,9H2,1H3,(H,22,25). The monoisotopic (exact) mass is 396 g/mol. The van der Waals surface area contributed by atoms with Crippen LogP contribution in [0.15, 0.2) is 36.4 Å². The molecule has 1 heterocycles. The summed E-state index contributed by atoms with van der Waals surface area (Å²) in [5.41, 5.74) is 2.14. The number of benzene rings is 2. The lowest BCUT2D eigenvalue weighted by Gasteiger charge is -2.17. The highest BCUT2D eigenvalue weighted by Gasteiger charge is 2.35. The first kappa shape index (κ1) is 18.1. The van der Waals surface area contributed by atoms with Gasteiger partial charge in [-0.2, -0.15) is 0 Å². The summed E-state index contributed by atoms with van der Waals surface area (Å²) in [6.07, 6.45) is 0.135. The van der Waals surface area contributed by atoms with Gasteiger partial charge in [-0.1, -0.05) is 40.9 Å². The van der Waals surface area contributed by atoms with Crippen molar-refractivity contribution < 1.29 is 9.59 Å². The van der Waals surface area contributed by atoms with Crippen LogP contribution in [0.3, 0.4) is 0 Å². The fourth-order valence-corrected chi connectivity index (χ4v) is 3.48. The van der Waals surface area contributed by atoms with E-state index in [4.69, 9.17) is 34.8 Å². The van der Waals surface area contributed by atoms with Crippen molar-refractivity contribution in [3.05, 3.63) is 57.0 Å². The van der Waals surface area contributed by atoms with Crippen LogP contribution in [0.2, 0.25) is 15.1 Å². The summed E-state index contributed by atoms with van der Waals surface area (Å²) >= 11 is 18.0. The predicted molar refractivity (Wildman–Crippen MR) is 102 cm³/mol. The number of aryl methyl sites for hydroxylation is 1. The first-order valence-electron chi connectivity index (χ1n) is 7.67. The van der Waals surface area contributed by atoms with Gasteiger partial charge in [0.05, 0.1) is 5.92 Å². The van der Waals surface area contributed by atoms with E-state index >= 15 is 0 Å². The van der Waals surface area contributed by atoms with Crippen molar-refractivity contribution in [1.82, 2.24) is 0 Å². The molecule has 4 nitrogen and oxygen atoms in total. The number of carbonyl (C=O) groups excluding carboxylic acids is 2. The van der Waals surface area contributed by atoms with E-state index < -0.39 is 5.92 Å². The molecule has 1 fully saturated rings. The SMILES string of the molecule is Cc1ccc(Cl)cc1NC(=O)C1CC(=O)N(c2cc(Cl)cc(Cl)c2)C1. The maximum absolute atomic E-state index is 12.5. The number of hydrogen-bond donors (Lipinski definition) is 1. The molecule has 25 heavy (non-hydrogen) atoms. The number of halogens is 3. The normalized spacial score (nSPS) is 17.0. The van der Waals surface area contributed by atoms with E-state index in [1.54, 1.807) is 30.3 Å². The zero-order valence-electron chi connectivity index (χ0n) is 13.4. The van der Waals surface area contributed by atoms with E-state index in [1.165, 1.54) is 4.90 Å². The predicted octanol–water partition coefficient (Wildman–Crippen LogP) is 4.95. The number of amides is 2. The average Bonchev–Trinajstić information content (AvgIpc) is 2.92. The minimum atomic E-state index is -0.455. The first-order valence-corrected chi connectivity index (χ1v) is 8.80. The van der Waals surface area contributed by atoms with E-state index in [0.717, 1.165) is 5.56 Å². The Morgan fingerprint density at radius 2 is 1.76 bits per heavy atom. The van der Waals surface area contributed by atoms with Gasteiger partial charge in [-0.15, -0.1) is 0 Å². The maximum atomic E-state index is 12.5. The van der Waals surface area contributed by atoms with Crippen LogP contribution < -0.4 is 10.2 Å². The second kappa shape index (κ2) is 7.24. The highest BCUT2D eigenvalue weighted by molar-refractivity contribution is 6.35. The van der Waals surface area contributed by atoms with Gasteiger partial charge in [0, 0.05) is 39.4 Å². The Morgan fingerprint density at radius 3 is 2.44 bits per heavy atom. The van der Waals surface area contributed by atoms with E-state index in [2.05, 4.69) is 5.32 Å². The van der Waals surface area contributed by atoms with E-state index in [-0.39, 0.29) is 24.8 Å². The molecule has 0 bridgehead atoms. The van der Waals surface area contributed by atoms with Gasteiger partial charge < -0.3 is 10.2 Å². The fourth-order valence-electron chi connectivity index (χ4n) is 2.79. The molecule has 2 aromatic rings. The van der Waals surface area contributed by atoms with Crippen molar-refractivity contribution in [3.63, 3.8) is 0 Å². The molecule has 0 saturated carbocycles. The molecule has 1 aliphatic heterocycles. The van der Waals surface area contributed by atoms with Crippen LogP contribution in [0.5, 0.6) is 0 Å². The van der Waals surface area contributed by atoms with E-state index in [9.17, 15) is 9.59 Å². The number of rotatable bonds is 3. The minimum absolute atomic E-state index is 0.135. The molecule has 7 heteroatoms. The number of hydrogen-bond acceptors (Lipinski definition) is 2. The van der Waals surface area contributed by atoms with Gasteiger partial charge in [-0.05, 0) is 42.8 Å². The molecule has 1 N–H and O–H groups in total. The minimum Gasteiger partial charge on any atom is -0.325 e. The summed E-state index contributed by atoms with van der Waals surface area (Å²) in [7, 11) is 0. The number of nitrogens with one attached hydrogen (secondary N) is 1. The Labute approximate surface area is 160 Å².